The lowest BCUT2D eigenvalue weighted by molar-refractivity contribution is -0.950. The standard InChI is InChI=1S/C22H29NO4/c1-23(12-13-3-4-13)10-9-21-18-14-5-6-15(24)19(18)27-20(21)16(26-2)7-8-22(21,25)17(23)11-14/h5-6,13,16-17,20,25H,3-4,7-12H2,1-2H3/p+1/t16-,17-,20+,21+,22?,23?/m1/s1. The Morgan fingerprint density at radius 3 is 2.81 bits per heavy atom. The maximum absolute atomic E-state index is 12.4. The highest BCUT2D eigenvalue weighted by molar-refractivity contribution is 5.62. The zero-order valence-electron chi connectivity index (χ0n) is 16.3. The van der Waals surface area contributed by atoms with E-state index in [2.05, 4.69) is 13.1 Å². The second kappa shape index (κ2) is 5.00. The third-order valence-corrected chi connectivity index (χ3v) is 8.73. The summed E-state index contributed by atoms with van der Waals surface area (Å²) in [7, 11) is 4.11. The Hall–Kier alpha value is -1.30. The van der Waals surface area contributed by atoms with Crippen LogP contribution in [0.3, 0.4) is 0 Å². The van der Waals surface area contributed by atoms with E-state index in [9.17, 15) is 10.2 Å². The Morgan fingerprint density at radius 2 is 2.07 bits per heavy atom. The van der Waals surface area contributed by atoms with E-state index in [-0.39, 0.29) is 24.0 Å². The molecule has 0 amide bonds. The lowest BCUT2D eigenvalue weighted by Crippen LogP contribution is -2.81. The van der Waals surface area contributed by atoms with Crippen molar-refractivity contribution in [3.05, 3.63) is 23.3 Å². The number of hydrogen-bond donors (Lipinski definition) is 2. The van der Waals surface area contributed by atoms with Crippen molar-refractivity contribution < 1.29 is 24.2 Å². The molecule has 0 aromatic heterocycles. The van der Waals surface area contributed by atoms with Gasteiger partial charge in [-0.1, -0.05) is 6.07 Å². The van der Waals surface area contributed by atoms with Crippen molar-refractivity contribution in [2.45, 2.75) is 67.8 Å². The molecule has 5 aliphatic rings. The fourth-order valence-corrected chi connectivity index (χ4v) is 7.35. The van der Waals surface area contributed by atoms with Crippen molar-refractivity contribution in [1.29, 1.82) is 0 Å². The minimum Gasteiger partial charge on any atom is -0.504 e. The van der Waals surface area contributed by atoms with E-state index in [1.807, 2.05) is 0 Å². The van der Waals surface area contributed by atoms with Crippen molar-refractivity contribution in [2.75, 3.05) is 27.2 Å². The molecule has 1 aromatic carbocycles. The van der Waals surface area contributed by atoms with Crippen LogP contribution in [0.2, 0.25) is 0 Å². The average molecular weight is 372 g/mol. The highest BCUT2D eigenvalue weighted by Crippen LogP contribution is 2.66. The van der Waals surface area contributed by atoms with Gasteiger partial charge < -0.3 is 24.2 Å². The van der Waals surface area contributed by atoms with E-state index in [0.29, 0.717) is 5.75 Å². The summed E-state index contributed by atoms with van der Waals surface area (Å²) in [5, 5.41) is 22.9. The molecule has 1 spiro atoms. The van der Waals surface area contributed by atoms with Crippen LogP contribution in [0.5, 0.6) is 11.5 Å². The molecule has 3 aliphatic carbocycles. The van der Waals surface area contributed by atoms with E-state index >= 15 is 0 Å². The lowest BCUT2D eigenvalue weighted by atomic mass is 9.48. The molecule has 2 N–H and O–H groups in total. The van der Waals surface area contributed by atoms with Crippen LogP contribution in [-0.4, -0.2) is 65.8 Å². The number of likely N-dealkylation sites (N-methyl/N-ethyl adjacent to an activating group) is 1. The van der Waals surface area contributed by atoms with Gasteiger partial charge in [-0.25, -0.2) is 0 Å². The summed E-state index contributed by atoms with van der Waals surface area (Å²) in [6.45, 7) is 2.25. The van der Waals surface area contributed by atoms with Crippen LogP contribution in [0.25, 0.3) is 0 Å². The van der Waals surface area contributed by atoms with Crippen molar-refractivity contribution >= 4 is 0 Å². The Bertz CT molecular complexity index is 823. The van der Waals surface area contributed by atoms with Crippen molar-refractivity contribution in [3.8, 4) is 11.5 Å². The molecule has 2 bridgehead atoms. The van der Waals surface area contributed by atoms with Gasteiger partial charge in [-0.3, -0.25) is 0 Å². The fraction of sp³-hybridized carbons (Fsp3) is 0.727. The Labute approximate surface area is 160 Å². The third kappa shape index (κ3) is 1.82. The van der Waals surface area contributed by atoms with Crippen LogP contribution in [0.15, 0.2) is 12.1 Å². The normalized spacial score (nSPS) is 46.7. The van der Waals surface area contributed by atoms with Gasteiger partial charge in [-0.05, 0) is 37.3 Å². The largest absolute Gasteiger partial charge is 0.504 e. The molecule has 2 saturated carbocycles. The van der Waals surface area contributed by atoms with Gasteiger partial charge in [0.05, 0.1) is 31.7 Å². The second-order valence-electron chi connectivity index (χ2n) is 9.99. The maximum atomic E-state index is 12.4. The summed E-state index contributed by atoms with van der Waals surface area (Å²) in [6, 6.07) is 4.03. The average Bonchev–Trinajstić information content (AvgIpc) is 3.37. The van der Waals surface area contributed by atoms with Gasteiger partial charge >= 0.3 is 0 Å². The molecule has 146 valence electrons. The number of phenols is 1. The smallest absolute Gasteiger partial charge is 0.165 e. The molecule has 27 heavy (non-hydrogen) atoms. The first-order valence-electron chi connectivity index (χ1n) is 10.5. The molecular weight excluding hydrogens is 342 g/mol. The van der Waals surface area contributed by atoms with E-state index < -0.39 is 11.0 Å². The first kappa shape index (κ1) is 16.6. The van der Waals surface area contributed by atoms with E-state index in [0.717, 1.165) is 48.2 Å². The van der Waals surface area contributed by atoms with Gasteiger partial charge in [0.25, 0.3) is 0 Å². The Balaban J connectivity index is 1.58. The maximum Gasteiger partial charge on any atom is 0.165 e. The van der Waals surface area contributed by atoms with Crippen LogP contribution in [0.1, 0.15) is 43.2 Å². The zero-order valence-corrected chi connectivity index (χ0v) is 16.3. The number of methoxy groups -OCH3 is 1. The van der Waals surface area contributed by atoms with Crippen LogP contribution in [0, 0.1) is 5.92 Å². The van der Waals surface area contributed by atoms with Crippen LogP contribution < -0.4 is 4.74 Å². The first-order valence-corrected chi connectivity index (χ1v) is 10.5. The molecular formula is C22H30NO4+. The third-order valence-electron chi connectivity index (χ3n) is 8.73. The quantitative estimate of drug-likeness (QED) is 0.798. The molecule has 5 heteroatoms. The summed E-state index contributed by atoms with van der Waals surface area (Å²) >= 11 is 0. The SMILES string of the molecule is CO[C@@H]1CCC2(O)[C@H]3Cc4ccc(O)c5c4[C@@]2(CC[N+]3(C)CC2CC2)[C@H]1O5. The molecule has 2 heterocycles. The van der Waals surface area contributed by atoms with Gasteiger partial charge in [0.2, 0.25) is 0 Å². The lowest BCUT2D eigenvalue weighted by Gasteiger charge is -2.65. The predicted molar refractivity (Wildman–Crippen MR) is 99.9 cm³/mol. The summed E-state index contributed by atoms with van der Waals surface area (Å²) < 4.78 is 13.2. The number of benzene rings is 1. The number of rotatable bonds is 3. The zero-order chi connectivity index (χ0) is 18.6. The number of ether oxygens (including phenoxy) is 2. The van der Waals surface area contributed by atoms with E-state index in [4.69, 9.17) is 9.47 Å². The Kier molecular flexibility index (Phi) is 3.08. The fourth-order valence-electron chi connectivity index (χ4n) is 7.35. The Morgan fingerprint density at radius 1 is 1.26 bits per heavy atom. The first-order chi connectivity index (χ1) is 12.9. The van der Waals surface area contributed by atoms with Crippen molar-refractivity contribution in [3.63, 3.8) is 0 Å². The van der Waals surface area contributed by atoms with Crippen LogP contribution >= 0.6 is 0 Å². The number of hydrogen-bond acceptors (Lipinski definition) is 4. The van der Waals surface area contributed by atoms with E-state index in [1.54, 1.807) is 13.2 Å². The molecule has 1 aromatic rings. The van der Waals surface area contributed by atoms with Gasteiger partial charge in [-0.2, -0.15) is 0 Å². The van der Waals surface area contributed by atoms with E-state index in [1.165, 1.54) is 24.9 Å². The molecule has 6 rings (SSSR count). The molecule has 2 unspecified atom stereocenters. The van der Waals surface area contributed by atoms with Crippen LogP contribution in [-0.2, 0) is 16.6 Å². The summed E-state index contributed by atoms with van der Waals surface area (Å²) in [4.78, 5) is 0. The minimum absolute atomic E-state index is 0.0380. The summed E-state index contributed by atoms with van der Waals surface area (Å²) in [5.41, 5.74) is 1.11. The van der Waals surface area contributed by atoms with Gasteiger partial charge in [0.1, 0.15) is 17.7 Å². The molecule has 0 radical (unpaired) electrons. The number of phenolic OH excluding ortho intramolecular Hbond substituents is 1. The molecule has 1 saturated heterocycles. The van der Waals surface area contributed by atoms with Crippen LogP contribution in [0.4, 0.5) is 0 Å². The van der Waals surface area contributed by atoms with Gasteiger partial charge in [-0.15, -0.1) is 0 Å². The summed E-state index contributed by atoms with van der Waals surface area (Å²) in [5.74, 6) is 1.64. The minimum atomic E-state index is -0.791. The predicted octanol–water partition coefficient (Wildman–Crippen LogP) is 2.12. The van der Waals surface area contributed by atoms with Crippen molar-refractivity contribution in [1.82, 2.24) is 0 Å². The molecule has 2 aliphatic heterocycles. The topological polar surface area (TPSA) is 58.9 Å². The highest BCUT2D eigenvalue weighted by atomic mass is 16.5. The second-order valence-corrected chi connectivity index (χ2v) is 9.99. The number of aliphatic hydroxyl groups is 1. The number of nitrogens with zero attached hydrogens (tertiary/aromatic N) is 1. The molecule has 5 nitrogen and oxygen atoms in total. The summed E-state index contributed by atoms with van der Waals surface area (Å²) in [6.07, 6.45) is 5.78. The van der Waals surface area contributed by atoms with Gasteiger partial charge in [0.15, 0.2) is 11.5 Å². The van der Waals surface area contributed by atoms with Crippen molar-refractivity contribution in [2.24, 2.45) is 5.92 Å². The number of piperidine rings is 1. The highest BCUT2D eigenvalue weighted by Gasteiger charge is 2.76. The number of likely N-dealkylation sites (tertiary alicyclic amines) is 1. The molecule has 3 fully saturated rings. The van der Waals surface area contributed by atoms with Gasteiger partial charge in [0, 0.05) is 31.4 Å². The number of quaternary nitrogens is 1. The number of aromatic hydroxyl groups is 1. The monoisotopic (exact) mass is 372 g/mol. The molecule has 6 atom stereocenters.